The van der Waals surface area contributed by atoms with Crippen LogP contribution in [0.2, 0.25) is 0 Å². The summed E-state index contributed by atoms with van der Waals surface area (Å²) < 4.78 is 5.53. The van der Waals surface area contributed by atoms with Crippen molar-refractivity contribution in [2.75, 3.05) is 0 Å². The van der Waals surface area contributed by atoms with Gasteiger partial charge >= 0.3 is 0 Å². The molecule has 0 aromatic carbocycles. The van der Waals surface area contributed by atoms with Crippen molar-refractivity contribution in [1.29, 1.82) is 0 Å². The molecule has 0 aliphatic rings. The van der Waals surface area contributed by atoms with Gasteiger partial charge in [0.1, 0.15) is 11.5 Å². The molecular weight excluding hydrogens is 232 g/mol. The van der Waals surface area contributed by atoms with Gasteiger partial charge in [0.05, 0.1) is 11.0 Å². The van der Waals surface area contributed by atoms with Gasteiger partial charge in [0.2, 0.25) is 5.70 Å². The van der Waals surface area contributed by atoms with Crippen LogP contribution < -0.4 is 0 Å². The zero-order valence-corrected chi connectivity index (χ0v) is 9.87. The molecule has 0 fully saturated rings. The van der Waals surface area contributed by atoms with Gasteiger partial charge in [0.15, 0.2) is 0 Å². The summed E-state index contributed by atoms with van der Waals surface area (Å²) in [5, 5.41) is 10.7. The van der Waals surface area contributed by atoms with E-state index in [1.54, 1.807) is 31.5 Å². The van der Waals surface area contributed by atoms with Crippen LogP contribution in [0.1, 0.15) is 19.1 Å². The first-order chi connectivity index (χ1) is 8.70. The second-order valence-electron chi connectivity index (χ2n) is 3.69. The highest BCUT2D eigenvalue weighted by atomic mass is 16.6. The Balaban J connectivity index is 2.29. The number of allylic oxidation sites excluding steroid dienone is 1. The van der Waals surface area contributed by atoms with Crippen molar-refractivity contribution >= 4 is 6.08 Å². The topological polar surface area (TPSA) is 69.2 Å². The van der Waals surface area contributed by atoms with Crippen LogP contribution in [0, 0.1) is 10.1 Å². The monoisotopic (exact) mass is 244 g/mol. The van der Waals surface area contributed by atoms with E-state index in [1.165, 1.54) is 6.08 Å². The molecule has 92 valence electrons. The van der Waals surface area contributed by atoms with E-state index in [2.05, 4.69) is 4.98 Å². The minimum atomic E-state index is -0.397. The number of aromatic nitrogens is 1. The number of nitro groups is 1. The zero-order chi connectivity index (χ0) is 13.0. The Morgan fingerprint density at radius 3 is 2.94 bits per heavy atom. The quantitative estimate of drug-likeness (QED) is 0.610. The fraction of sp³-hybridized carbons (Fsp3) is 0.154. The molecule has 0 aliphatic carbocycles. The number of hydrogen-bond donors (Lipinski definition) is 0. The van der Waals surface area contributed by atoms with Gasteiger partial charge < -0.3 is 4.42 Å². The molecule has 0 atom stereocenters. The van der Waals surface area contributed by atoms with Gasteiger partial charge in [-0.1, -0.05) is 6.92 Å². The second-order valence-corrected chi connectivity index (χ2v) is 3.69. The molecule has 0 saturated heterocycles. The van der Waals surface area contributed by atoms with Gasteiger partial charge in [0, 0.05) is 24.4 Å². The largest absolute Gasteiger partial charge is 0.456 e. The van der Waals surface area contributed by atoms with Crippen LogP contribution >= 0.6 is 0 Å². The average Bonchev–Trinajstić information content (AvgIpc) is 2.85. The number of nitrogens with zero attached hydrogens (tertiary/aromatic N) is 2. The van der Waals surface area contributed by atoms with Gasteiger partial charge in [-0.15, -0.1) is 0 Å². The molecule has 0 saturated carbocycles. The van der Waals surface area contributed by atoms with Crippen molar-refractivity contribution < 1.29 is 9.34 Å². The number of rotatable bonds is 4. The van der Waals surface area contributed by atoms with Crippen LogP contribution in [0.3, 0.4) is 0 Å². The first-order valence-corrected chi connectivity index (χ1v) is 5.56. The van der Waals surface area contributed by atoms with Crippen molar-refractivity contribution in [2.24, 2.45) is 0 Å². The Morgan fingerprint density at radius 2 is 2.33 bits per heavy atom. The normalized spacial score (nSPS) is 11.5. The lowest BCUT2D eigenvalue weighted by Gasteiger charge is -1.94. The third-order valence-corrected chi connectivity index (χ3v) is 2.48. The smallest absolute Gasteiger partial charge is 0.249 e. The Bertz CT molecular complexity index is 573. The summed E-state index contributed by atoms with van der Waals surface area (Å²) in [5.74, 6) is 1.12. The van der Waals surface area contributed by atoms with Crippen molar-refractivity contribution in [3.8, 4) is 11.3 Å². The van der Waals surface area contributed by atoms with E-state index in [0.29, 0.717) is 17.9 Å². The van der Waals surface area contributed by atoms with Gasteiger partial charge in [-0.3, -0.25) is 15.1 Å². The minimum absolute atomic E-state index is 0.127. The fourth-order valence-corrected chi connectivity index (χ4v) is 1.54. The highest BCUT2D eigenvalue weighted by Crippen LogP contribution is 2.22. The first kappa shape index (κ1) is 12.0. The maximum Gasteiger partial charge on any atom is 0.249 e. The highest BCUT2D eigenvalue weighted by Gasteiger charge is 2.10. The van der Waals surface area contributed by atoms with Gasteiger partial charge in [-0.05, 0) is 24.3 Å². The lowest BCUT2D eigenvalue weighted by atomic mass is 10.2. The van der Waals surface area contributed by atoms with Crippen LogP contribution in [0.25, 0.3) is 17.4 Å². The SMILES string of the molecule is CC/C(=C\c1ccc(-c2cccnc2)o1)[N+](=O)[O-]. The van der Waals surface area contributed by atoms with E-state index in [4.69, 9.17) is 4.42 Å². The zero-order valence-electron chi connectivity index (χ0n) is 9.87. The third-order valence-electron chi connectivity index (χ3n) is 2.48. The summed E-state index contributed by atoms with van der Waals surface area (Å²) in [5.41, 5.74) is 0.971. The Hall–Kier alpha value is -2.43. The summed E-state index contributed by atoms with van der Waals surface area (Å²) in [6.45, 7) is 1.74. The molecule has 5 heteroatoms. The molecular formula is C13H12N2O3. The maximum atomic E-state index is 10.7. The highest BCUT2D eigenvalue weighted by molar-refractivity contribution is 5.58. The lowest BCUT2D eigenvalue weighted by Crippen LogP contribution is -1.95. The Morgan fingerprint density at radius 1 is 1.50 bits per heavy atom. The van der Waals surface area contributed by atoms with E-state index in [0.717, 1.165) is 5.56 Å². The molecule has 2 aromatic rings. The minimum Gasteiger partial charge on any atom is -0.456 e. The molecule has 0 amide bonds. The average molecular weight is 244 g/mol. The van der Waals surface area contributed by atoms with E-state index >= 15 is 0 Å². The van der Waals surface area contributed by atoms with Crippen LogP contribution in [0.15, 0.2) is 46.8 Å². The molecule has 2 aromatic heterocycles. The molecule has 0 bridgehead atoms. The molecule has 0 radical (unpaired) electrons. The molecule has 18 heavy (non-hydrogen) atoms. The first-order valence-electron chi connectivity index (χ1n) is 5.56. The predicted octanol–water partition coefficient (Wildman–Crippen LogP) is 3.37. The summed E-state index contributed by atoms with van der Waals surface area (Å²) in [4.78, 5) is 14.3. The molecule has 0 unspecified atom stereocenters. The van der Waals surface area contributed by atoms with Crippen LogP contribution in [-0.2, 0) is 0 Å². The van der Waals surface area contributed by atoms with E-state index in [9.17, 15) is 10.1 Å². The molecule has 2 heterocycles. The molecule has 0 aliphatic heterocycles. The maximum absolute atomic E-state index is 10.7. The standard InChI is InChI=1S/C13H12N2O3/c1-2-11(15(16)17)8-12-5-6-13(18-12)10-4-3-7-14-9-10/h3-9H,2H2,1H3/b11-8+. The fourth-order valence-electron chi connectivity index (χ4n) is 1.54. The number of hydrogen-bond acceptors (Lipinski definition) is 4. The lowest BCUT2D eigenvalue weighted by molar-refractivity contribution is -0.425. The van der Waals surface area contributed by atoms with Crippen molar-refractivity contribution in [1.82, 2.24) is 4.98 Å². The molecule has 0 spiro atoms. The van der Waals surface area contributed by atoms with Gasteiger partial charge in [-0.25, -0.2) is 0 Å². The van der Waals surface area contributed by atoms with Crippen LogP contribution in [0.5, 0.6) is 0 Å². The predicted molar refractivity (Wildman–Crippen MR) is 67.2 cm³/mol. The van der Waals surface area contributed by atoms with Crippen molar-refractivity contribution in [3.63, 3.8) is 0 Å². The van der Waals surface area contributed by atoms with Crippen molar-refractivity contribution in [2.45, 2.75) is 13.3 Å². The van der Waals surface area contributed by atoms with Crippen LogP contribution in [-0.4, -0.2) is 9.91 Å². The molecule has 5 nitrogen and oxygen atoms in total. The van der Waals surface area contributed by atoms with Crippen LogP contribution in [0.4, 0.5) is 0 Å². The second kappa shape index (κ2) is 5.27. The Kier molecular flexibility index (Phi) is 3.52. The van der Waals surface area contributed by atoms with Gasteiger partial charge in [0.25, 0.3) is 0 Å². The summed E-state index contributed by atoms with van der Waals surface area (Å²) in [6, 6.07) is 7.16. The number of pyridine rings is 1. The van der Waals surface area contributed by atoms with E-state index < -0.39 is 4.92 Å². The van der Waals surface area contributed by atoms with Crippen molar-refractivity contribution in [3.05, 3.63) is 58.2 Å². The van der Waals surface area contributed by atoms with Gasteiger partial charge in [-0.2, -0.15) is 0 Å². The summed E-state index contributed by atoms with van der Waals surface area (Å²) in [6.07, 6.45) is 5.16. The Labute approximate surface area is 104 Å². The van der Waals surface area contributed by atoms with E-state index in [-0.39, 0.29) is 5.70 Å². The number of furan rings is 1. The molecule has 2 rings (SSSR count). The molecule has 0 N–H and O–H groups in total. The summed E-state index contributed by atoms with van der Waals surface area (Å²) >= 11 is 0. The van der Waals surface area contributed by atoms with E-state index in [1.807, 2.05) is 12.1 Å². The third kappa shape index (κ3) is 2.63. The summed E-state index contributed by atoms with van der Waals surface area (Å²) in [7, 11) is 0.